The van der Waals surface area contributed by atoms with Crippen molar-refractivity contribution < 1.29 is 14.6 Å². The van der Waals surface area contributed by atoms with Gasteiger partial charge in [-0.3, -0.25) is 0 Å². The molecule has 0 aliphatic rings. The average molecular weight is 471 g/mol. The first-order chi connectivity index (χ1) is 14.3. The van der Waals surface area contributed by atoms with Crippen molar-refractivity contribution in [2.24, 2.45) is 0 Å². The molecule has 0 fully saturated rings. The molecule has 3 rings (SSSR count). The molecule has 0 aliphatic heterocycles. The van der Waals surface area contributed by atoms with Crippen molar-refractivity contribution in [2.75, 3.05) is 33.4 Å². The van der Waals surface area contributed by atoms with E-state index in [-0.39, 0.29) is 37.4 Å². The smallest absolute Gasteiger partial charge is 0.346 e. The third kappa shape index (κ3) is 7.97. The number of aliphatic hydroxyl groups excluding tert-OH is 1. The zero-order valence-corrected chi connectivity index (χ0v) is 18.9. The van der Waals surface area contributed by atoms with E-state index in [9.17, 15) is 0 Å². The van der Waals surface area contributed by atoms with Crippen molar-refractivity contribution in [1.29, 1.82) is 0 Å². The molecule has 0 saturated carbocycles. The zero-order chi connectivity index (χ0) is 20.3. The largest absolute Gasteiger partial charge is 0.493 e. The van der Waals surface area contributed by atoms with Crippen LogP contribution in [-0.4, -0.2) is 58.7 Å². The van der Waals surface area contributed by atoms with E-state index < -0.39 is 0 Å². The summed E-state index contributed by atoms with van der Waals surface area (Å²) < 4.78 is 12.9. The molecule has 2 aromatic carbocycles. The summed E-state index contributed by atoms with van der Waals surface area (Å²) in [6.07, 6.45) is 0.987. The van der Waals surface area contributed by atoms with Crippen LogP contribution in [0.1, 0.15) is 12.0 Å². The van der Waals surface area contributed by atoms with Gasteiger partial charge < -0.3 is 25.2 Å². The van der Waals surface area contributed by atoms with E-state index in [1.54, 1.807) is 7.11 Å². The van der Waals surface area contributed by atoms with E-state index in [0.717, 1.165) is 37.3 Å². The van der Waals surface area contributed by atoms with Crippen LogP contribution in [0.2, 0.25) is 0 Å². The van der Waals surface area contributed by atoms with Gasteiger partial charge in [0, 0.05) is 13.1 Å². The molecule has 0 bridgehead atoms. The predicted molar refractivity (Wildman–Crippen MR) is 123 cm³/mol. The molecule has 1 aromatic heterocycles. The van der Waals surface area contributed by atoms with E-state index in [0.29, 0.717) is 18.0 Å². The normalized spacial score (nSPS) is 10.1. The van der Waals surface area contributed by atoms with Crippen LogP contribution in [0.5, 0.6) is 17.5 Å². The SMILES string of the molecule is COc1cc(CNCCCNCCO)ccc1Oc1nnnn1-c1ccccc1.Cl.Cl. The second kappa shape index (κ2) is 14.6. The fourth-order valence-corrected chi connectivity index (χ4v) is 2.75. The Bertz CT molecular complexity index is 882. The van der Waals surface area contributed by atoms with Gasteiger partial charge in [-0.2, -0.15) is 4.68 Å². The number of para-hydroxylation sites is 1. The first-order valence-electron chi connectivity index (χ1n) is 9.52. The van der Waals surface area contributed by atoms with E-state index in [1.165, 1.54) is 4.68 Å². The van der Waals surface area contributed by atoms with Crippen LogP contribution < -0.4 is 20.1 Å². The van der Waals surface area contributed by atoms with E-state index in [2.05, 4.69) is 26.2 Å². The van der Waals surface area contributed by atoms with Crippen LogP contribution >= 0.6 is 24.8 Å². The van der Waals surface area contributed by atoms with Crippen LogP contribution in [0.4, 0.5) is 0 Å². The lowest BCUT2D eigenvalue weighted by atomic mass is 10.2. The number of tetrazole rings is 1. The van der Waals surface area contributed by atoms with Gasteiger partial charge in [-0.05, 0) is 59.8 Å². The van der Waals surface area contributed by atoms with Crippen molar-refractivity contribution in [2.45, 2.75) is 13.0 Å². The highest BCUT2D eigenvalue weighted by molar-refractivity contribution is 5.85. The monoisotopic (exact) mass is 470 g/mol. The number of benzene rings is 2. The number of halogens is 2. The lowest BCUT2D eigenvalue weighted by molar-refractivity contribution is 0.292. The van der Waals surface area contributed by atoms with Crippen LogP contribution in [0, 0.1) is 0 Å². The minimum atomic E-state index is 0. The first-order valence-corrected chi connectivity index (χ1v) is 9.52. The fraction of sp³-hybridized carbons (Fsp3) is 0.350. The second-order valence-electron chi connectivity index (χ2n) is 6.30. The Kier molecular flexibility index (Phi) is 12.5. The average Bonchev–Trinajstić information content (AvgIpc) is 3.22. The Balaban J connectivity index is 0.00000240. The molecular weight excluding hydrogens is 443 g/mol. The number of rotatable bonds is 12. The van der Waals surface area contributed by atoms with Crippen molar-refractivity contribution >= 4 is 24.8 Å². The van der Waals surface area contributed by atoms with E-state index in [1.807, 2.05) is 48.5 Å². The van der Waals surface area contributed by atoms with Gasteiger partial charge in [-0.15, -0.1) is 24.8 Å². The van der Waals surface area contributed by atoms with E-state index >= 15 is 0 Å². The van der Waals surface area contributed by atoms with Gasteiger partial charge in [0.1, 0.15) is 0 Å². The lowest BCUT2D eigenvalue weighted by Crippen LogP contribution is -2.23. The summed E-state index contributed by atoms with van der Waals surface area (Å²) in [5, 5.41) is 26.9. The maximum atomic E-state index is 8.73. The summed E-state index contributed by atoms with van der Waals surface area (Å²) in [5.41, 5.74) is 1.89. The minimum absolute atomic E-state index is 0. The molecule has 0 saturated heterocycles. The number of hydrogen-bond acceptors (Lipinski definition) is 8. The molecule has 11 heteroatoms. The van der Waals surface area contributed by atoms with Crippen LogP contribution in [0.3, 0.4) is 0 Å². The molecule has 0 spiro atoms. The van der Waals surface area contributed by atoms with Crippen LogP contribution in [-0.2, 0) is 6.54 Å². The number of nitrogens with zero attached hydrogens (tertiary/aromatic N) is 4. The van der Waals surface area contributed by atoms with Gasteiger partial charge in [0.05, 0.1) is 19.4 Å². The van der Waals surface area contributed by atoms with Gasteiger partial charge in [0.15, 0.2) is 11.5 Å². The topological polar surface area (TPSA) is 106 Å². The summed E-state index contributed by atoms with van der Waals surface area (Å²) in [4.78, 5) is 0. The van der Waals surface area contributed by atoms with Crippen molar-refractivity contribution in [3.8, 4) is 23.2 Å². The fourth-order valence-electron chi connectivity index (χ4n) is 2.75. The highest BCUT2D eigenvalue weighted by atomic mass is 35.5. The van der Waals surface area contributed by atoms with Gasteiger partial charge >= 0.3 is 6.01 Å². The van der Waals surface area contributed by atoms with Crippen molar-refractivity contribution in [3.05, 3.63) is 54.1 Å². The predicted octanol–water partition coefficient (Wildman–Crippen LogP) is 2.37. The van der Waals surface area contributed by atoms with Gasteiger partial charge in [0.2, 0.25) is 0 Å². The number of aliphatic hydroxyl groups is 1. The molecule has 31 heavy (non-hydrogen) atoms. The Morgan fingerprint density at radius 2 is 1.74 bits per heavy atom. The van der Waals surface area contributed by atoms with Crippen molar-refractivity contribution in [3.63, 3.8) is 0 Å². The van der Waals surface area contributed by atoms with E-state index in [4.69, 9.17) is 14.6 Å². The number of hydrogen-bond donors (Lipinski definition) is 3. The Hall–Kier alpha value is -2.43. The molecule has 0 atom stereocenters. The number of methoxy groups -OCH3 is 1. The third-order valence-electron chi connectivity index (χ3n) is 4.20. The highest BCUT2D eigenvalue weighted by Gasteiger charge is 2.14. The molecule has 170 valence electrons. The summed E-state index contributed by atoms with van der Waals surface area (Å²) in [6.45, 7) is 3.27. The Morgan fingerprint density at radius 1 is 0.968 bits per heavy atom. The second-order valence-corrected chi connectivity index (χ2v) is 6.30. The molecule has 9 nitrogen and oxygen atoms in total. The van der Waals surface area contributed by atoms with Gasteiger partial charge in [-0.1, -0.05) is 29.4 Å². The summed E-state index contributed by atoms with van der Waals surface area (Å²) in [7, 11) is 1.60. The Labute approximate surface area is 194 Å². The highest BCUT2D eigenvalue weighted by Crippen LogP contribution is 2.32. The molecule has 3 N–H and O–H groups in total. The maximum absolute atomic E-state index is 8.73. The quantitative estimate of drug-likeness (QED) is 0.346. The summed E-state index contributed by atoms with van der Waals surface area (Å²) in [5.74, 6) is 1.15. The first kappa shape index (κ1) is 26.6. The minimum Gasteiger partial charge on any atom is -0.493 e. The number of aromatic nitrogens is 4. The summed E-state index contributed by atoms with van der Waals surface area (Å²) >= 11 is 0. The zero-order valence-electron chi connectivity index (χ0n) is 17.2. The molecule has 1 heterocycles. The van der Waals surface area contributed by atoms with Gasteiger partial charge in [0.25, 0.3) is 0 Å². The molecular formula is C20H28Cl2N6O3. The van der Waals surface area contributed by atoms with Gasteiger partial charge in [-0.25, -0.2) is 0 Å². The molecule has 3 aromatic rings. The molecule has 0 unspecified atom stereocenters. The van der Waals surface area contributed by atoms with Crippen LogP contribution in [0.15, 0.2) is 48.5 Å². The lowest BCUT2D eigenvalue weighted by Gasteiger charge is -2.12. The standard InChI is InChI=1S/C20H26N6O3.2ClH/c1-28-19-14-16(15-22-11-5-10-21-12-13-27)8-9-18(19)29-20-23-24-25-26(20)17-6-3-2-4-7-17;;/h2-4,6-9,14,21-22,27H,5,10-13,15H2,1H3;2*1H. The Morgan fingerprint density at radius 3 is 2.48 bits per heavy atom. The molecule has 0 amide bonds. The third-order valence-corrected chi connectivity index (χ3v) is 4.20. The maximum Gasteiger partial charge on any atom is 0.346 e. The summed E-state index contributed by atoms with van der Waals surface area (Å²) in [6, 6.07) is 15.6. The number of ether oxygens (including phenoxy) is 2. The van der Waals surface area contributed by atoms with Crippen molar-refractivity contribution in [1.82, 2.24) is 30.8 Å². The molecule has 0 radical (unpaired) electrons. The van der Waals surface area contributed by atoms with Crippen LogP contribution in [0.25, 0.3) is 5.69 Å². The molecule has 0 aliphatic carbocycles. The number of nitrogens with one attached hydrogen (secondary N) is 2.